The molecule has 3 heteroatoms. The third-order valence-electron chi connectivity index (χ3n) is 1.90. The van der Waals surface area contributed by atoms with Gasteiger partial charge < -0.3 is 10.5 Å². The second kappa shape index (κ2) is 3.82. The Labute approximate surface area is 56.4 Å². The van der Waals surface area contributed by atoms with E-state index in [2.05, 4.69) is 10.8 Å². The molecule has 3 nitrogen and oxygen atoms in total. The molecule has 56 valence electrons. The van der Waals surface area contributed by atoms with Gasteiger partial charge in [-0.3, -0.25) is 0 Å². The fourth-order valence-electron chi connectivity index (χ4n) is 0.818. The lowest BCUT2D eigenvalue weighted by molar-refractivity contribution is 0.0381. The van der Waals surface area contributed by atoms with Gasteiger partial charge in [-0.2, -0.15) is 5.48 Å². The van der Waals surface area contributed by atoms with Crippen LogP contribution in [0.4, 0.5) is 0 Å². The largest absolute Gasteiger partial charge is 0.315 e. The van der Waals surface area contributed by atoms with Gasteiger partial charge in [0, 0.05) is 0 Å². The molecule has 0 unspecified atom stereocenters. The summed E-state index contributed by atoms with van der Waals surface area (Å²) in [7, 11) is 1.83. The van der Waals surface area contributed by atoms with Crippen LogP contribution in [-0.2, 0) is 0 Å². The average Bonchev–Trinajstić information content (AvgIpc) is 1.95. The van der Waals surface area contributed by atoms with Crippen molar-refractivity contribution in [3.05, 3.63) is 0 Å². The minimum atomic E-state index is -0.278. The minimum absolute atomic E-state index is 0.278. The summed E-state index contributed by atoms with van der Waals surface area (Å²) in [5, 5.41) is 11.7. The Morgan fingerprint density at radius 3 is 1.78 bits per heavy atom. The molecule has 0 radical (unpaired) electrons. The molecule has 0 aromatic heterocycles. The highest BCUT2D eigenvalue weighted by Crippen LogP contribution is 2.07. The zero-order chi connectivity index (χ0) is 7.33. The van der Waals surface area contributed by atoms with E-state index in [9.17, 15) is 0 Å². The molecule has 0 amide bonds. The molecule has 0 spiro atoms. The molecule has 3 N–H and O–H groups in total. The lowest BCUT2D eigenvalue weighted by Gasteiger charge is -2.28. The molecule has 0 rings (SSSR count). The predicted octanol–water partition coefficient (Wildman–Crippen LogP) is 0.701. The molecule has 0 bridgehead atoms. The Balaban J connectivity index is 3.82. The van der Waals surface area contributed by atoms with Crippen LogP contribution in [0.15, 0.2) is 0 Å². The predicted molar refractivity (Wildman–Crippen MR) is 37.3 cm³/mol. The summed E-state index contributed by atoms with van der Waals surface area (Å²) < 4.78 is 0. The van der Waals surface area contributed by atoms with Crippen molar-refractivity contribution >= 4 is 0 Å². The molecule has 0 aliphatic heterocycles. The van der Waals surface area contributed by atoms with E-state index in [1.807, 2.05) is 20.9 Å². The topological polar surface area (TPSA) is 44.3 Å². The highest BCUT2D eigenvalue weighted by molar-refractivity contribution is 4.75. The van der Waals surface area contributed by atoms with E-state index in [4.69, 9.17) is 5.21 Å². The zero-order valence-electron chi connectivity index (χ0n) is 6.36. The Morgan fingerprint density at radius 2 is 1.78 bits per heavy atom. The van der Waals surface area contributed by atoms with E-state index in [-0.39, 0.29) is 5.66 Å². The van der Waals surface area contributed by atoms with Crippen molar-refractivity contribution in [2.24, 2.45) is 0 Å². The van der Waals surface area contributed by atoms with E-state index in [1.165, 1.54) is 0 Å². The van der Waals surface area contributed by atoms with Crippen LogP contribution in [-0.4, -0.2) is 17.9 Å². The fourth-order valence-corrected chi connectivity index (χ4v) is 0.818. The van der Waals surface area contributed by atoms with Crippen LogP contribution < -0.4 is 10.8 Å². The van der Waals surface area contributed by atoms with Crippen LogP contribution in [0.2, 0.25) is 0 Å². The van der Waals surface area contributed by atoms with Gasteiger partial charge in [-0.1, -0.05) is 13.8 Å². The molecular formula is C6H16N2O. The van der Waals surface area contributed by atoms with E-state index in [1.54, 1.807) is 0 Å². The number of rotatable bonds is 4. The quantitative estimate of drug-likeness (QED) is 0.390. The fraction of sp³-hybridized carbons (Fsp3) is 1.00. The third-order valence-corrected chi connectivity index (χ3v) is 1.90. The Bertz CT molecular complexity index is 53.9. The average molecular weight is 132 g/mol. The van der Waals surface area contributed by atoms with Crippen molar-refractivity contribution in [3.8, 4) is 0 Å². The minimum Gasteiger partial charge on any atom is -0.315 e. The summed E-state index contributed by atoms with van der Waals surface area (Å²) in [6.45, 7) is 4.03. The van der Waals surface area contributed by atoms with Gasteiger partial charge in [0.2, 0.25) is 0 Å². The molecule has 0 atom stereocenters. The van der Waals surface area contributed by atoms with E-state index >= 15 is 0 Å². The molecule has 0 aromatic rings. The highest BCUT2D eigenvalue weighted by Gasteiger charge is 2.21. The maximum absolute atomic E-state index is 8.66. The number of nitrogens with one attached hydrogen (secondary N) is 2. The first-order valence-electron chi connectivity index (χ1n) is 3.34. The molecule has 0 aliphatic carbocycles. The van der Waals surface area contributed by atoms with Crippen LogP contribution in [0, 0.1) is 0 Å². The second-order valence-corrected chi connectivity index (χ2v) is 2.15. The molecule has 9 heavy (non-hydrogen) atoms. The molecule has 0 saturated carbocycles. The van der Waals surface area contributed by atoms with Crippen LogP contribution in [0.3, 0.4) is 0 Å². The Hall–Kier alpha value is -0.120. The number of hydroxylamine groups is 1. The maximum atomic E-state index is 8.66. The second-order valence-electron chi connectivity index (χ2n) is 2.15. The first-order valence-corrected chi connectivity index (χ1v) is 3.34. The summed E-state index contributed by atoms with van der Waals surface area (Å²) in [5.41, 5.74) is 1.98. The van der Waals surface area contributed by atoms with Crippen LogP contribution >= 0.6 is 0 Å². The van der Waals surface area contributed by atoms with Gasteiger partial charge in [-0.25, -0.2) is 0 Å². The smallest absolute Gasteiger partial charge is 0.0911 e. The van der Waals surface area contributed by atoms with Crippen molar-refractivity contribution in [3.63, 3.8) is 0 Å². The van der Waals surface area contributed by atoms with Crippen molar-refractivity contribution in [1.82, 2.24) is 10.8 Å². The standard InChI is InChI=1S/C6H16N2O/c1-4-6(5-2,7-3)8-9/h7-9H,4-5H2,1-3H3. The van der Waals surface area contributed by atoms with E-state index in [0.717, 1.165) is 12.8 Å². The van der Waals surface area contributed by atoms with Crippen LogP contribution in [0.5, 0.6) is 0 Å². The molecule has 0 fully saturated rings. The number of hydrogen-bond acceptors (Lipinski definition) is 3. The van der Waals surface area contributed by atoms with Gasteiger partial charge in [0.25, 0.3) is 0 Å². The van der Waals surface area contributed by atoms with Crippen molar-refractivity contribution in [2.75, 3.05) is 7.05 Å². The Kier molecular flexibility index (Phi) is 3.77. The summed E-state index contributed by atoms with van der Waals surface area (Å²) >= 11 is 0. The lowest BCUT2D eigenvalue weighted by atomic mass is 10.1. The van der Waals surface area contributed by atoms with Gasteiger partial charge in [-0.05, 0) is 19.9 Å². The van der Waals surface area contributed by atoms with Gasteiger partial charge in [0.15, 0.2) is 0 Å². The summed E-state index contributed by atoms with van der Waals surface area (Å²) in [6, 6.07) is 0. The van der Waals surface area contributed by atoms with Crippen molar-refractivity contribution < 1.29 is 5.21 Å². The normalized spacial score (nSPS) is 12.0. The monoisotopic (exact) mass is 132 g/mol. The molecule has 0 aliphatic rings. The van der Waals surface area contributed by atoms with Gasteiger partial charge in [-0.15, -0.1) is 0 Å². The maximum Gasteiger partial charge on any atom is 0.0911 e. The summed E-state index contributed by atoms with van der Waals surface area (Å²) in [4.78, 5) is 0. The summed E-state index contributed by atoms with van der Waals surface area (Å²) in [6.07, 6.45) is 1.74. The molecule has 0 saturated heterocycles. The highest BCUT2D eigenvalue weighted by atomic mass is 16.5. The SMILES string of the molecule is CCC(CC)(NC)NO. The molecule has 0 heterocycles. The van der Waals surface area contributed by atoms with Gasteiger partial charge in [0.05, 0.1) is 5.66 Å². The van der Waals surface area contributed by atoms with E-state index < -0.39 is 0 Å². The molecule has 0 aromatic carbocycles. The first-order chi connectivity index (χ1) is 4.24. The van der Waals surface area contributed by atoms with Gasteiger partial charge in [0.1, 0.15) is 0 Å². The lowest BCUT2D eigenvalue weighted by Crippen LogP contribution is -2.53. The third kappa shape index (κ3) is 1.93. The molecular weight excluding hydrogens is 116 g/mol. The van der Waals surface area contributed by atoms with Crippen LogP contribution in [0.1, 0.15) is 26.7 Å². The number of hydrogen-bond donors (Lipinski definition) is 3. The Morgan fingerprint density at radius 1 is 1.33 bits per heavy atom. The zero-order valence-corrected chi connectivity index (χ0v) is 6.36. The van der Waals surface area contributed by atoms with Crippen molar-refractivity contribution in [2.45, 2.75) is 32.4 Å². The van der Waals surface area contributed by atoms with Crippen LogP contribution in [0.25, 0.3) is 0 Å². The van der Waals surface area contributed by atoms with Gasteiger partial charge >= 0.3 is 0 Å². The first kappa shape index (κ1) is 8.88. The summed E-state index contributed by atoms with van der Waals surface area (Å²) in [5.74, 6) is 0. The van der Waals surface area contributed by atoms with E-state index in [0.29, 0.717) is 0 Å². The van der Waals surface area contributed by atoms with Crippen molar-refractivity contribution in [1.29, 1.82) is 0 Å².